The van der Waals surface area contributed by atoms with Gasteiger partial charge in [-0.2, -0.15) is 5.26 Å². The van der Waals surface area contributed by atoms with Crippen molar-refractivity contribution in [2.45, 2.75) is 26.3 Å². The zero-order chi connectivity index (χ0) is 15.1. The molecule has 1 rings (SSSR count). The number of carbonyl (C=O) groups excluding carboxylic acids is 2. The van der Waals surface area contributed by atoms with E-state index in [4.69, 9.17) is 5.26 Å². The van der Waals surface area contributed by atoms with E-state index in [0.29, 0.717) is 5.56 Å². The summed E-state index contributed by atoms with van der Waals surface area (Å²) >= 11 is 0. The average molecular weight is 274 g/mol. The minimum absolute atomic E-state index is 0.0523. The van der Waals surface area contributed by atoms with E-state index < -0.39 is 5.97 Å². The number of nitriles is 1. The number of benzene rings is 1. The molecule has 0 unspecified atom stereocenters. The third-order valence-corrected chi connectivity index (χ3v) is 2.91. The number of ether oxygens (including phenoxy) is 1. The Bertz CT molecular complexity index is 515. The van der Waals surface area contributed by atoms with Crippen LogP contribution in [-0.2, 0) is 20.7 Å². The Kier molecular flexibility index (Phi) is 5.73. The average Bonchev–Trinajstić information content (AvgIpc) is 2.44. The molecular weight excluding hydrogens is 256 g/mol. The Hall–Kier alpha value is -2.35. The lowest BCUT2D eigenvalue weighted by atomic mass is 10.1. The van der Waals surface area contributed by atoms with Crippen molar-refractivity contribution >= 4 is 11.9 Å². The summed E-state index contributed by atoms with van der Waals surface area (Å²) in [5, 5.41) is 8.72. The number of carbonyl (C=O) groups is 2. The standard InChI is InChI=1S/C15H18N2O3/c1-11(2)17(10-15(19)20-3)14(18)8-12-4-6-13(9-16)7-5-12/h4-7,11H,8,10H2,1-3H3. The first-order valence-electron chi connectivity index (χ1n) is 6.33. The van der Waals surface area contributed by atoms with Crippen LogP contribution in [0.4, 0.5) is 0 Å². The highest BCUT2D eigenvalue weighted by Gasteiger charge is 2.20. The maximum Gasteiger partial charge on any atom is 0.325 e. The normalized spacial score (nSPS) is 9.95. The van der Waals surface area contributed by atoms with Crippen molar-refractivity contribution < 1.29 is 14.3 Å². The molecule has 0 spiro atoms. The maximum absolute atomic E-state index is 12.2. The van der Waals surface area contributed by atoms with Crippen LogP contribution in [0, 0.1) is 11.3 Å². The number of amides is 1. The number of hydrogen-bond acceptors (Lipinski definition) is 4. The Morgan fingerprint density at radius 1 is 1.30 bits per heavy atom. The predicted molar refractivity (Wildman–Crippen MR) is 73.7 cm³/mol. The van der Waals surface area contributed by atoms with Gasteiger partial charge in [0.2, 0.25) is 5.91 Å². The molecule has 0 aromatic heterocycles. The molecule has 0 bridgehead atoms. The van der Waals surface area contributed by atoms with Crippen LogP contribution in [0.3, 0.4) is 0 Å². The monoisotopic (exact) mass is 274 g/mol. The minimum Gasteiger partial charge on any atom is -0.468 e. The SMILES string of the molecule is COC(=O)CN(C(=O)Cc1ccc(C#N)cc1)C(C)C. The van der Waals surface area contributed by atoms with Crippen molar-refractivity contribution in [2.24, 2.45) is 0 Å². The zero-order valence-electron chi connectivity index (χ0n) is 11.9. The molecule has 0 heterocycles. The van der Waals surface area contributed by atoms with Crippen molar-refractivity contribution in [3.63, 3.8) is 0 Å². The van der Waals surface area contributed by atoms with Gasteiger partial charge < -0.3 is 9.64 Å². The van der Waals surface area contributed by atoms with Gasteiger partial charge in [0.15, 0.2) is 0 Å². The molecule has 5 heteroatoms. The smallest absolute Gasteiger partial charge is 0.325 e. The van der Waals surface area contributed by atoms with Gasteiger partial charge in [0, 0.05) is 6.04 Å². The largest absolute Gasteiger partial charge is 0.468 e. The Labute approximate surface area is 118 Å². The van der Waals surface area contributed by atoms with Gasteiger partial charge in [-0.15, -0.1) is 0 Å². The summed E-state index contributed by atoms with van der Waals surface area (Å²) < 4.78 is 4.59. The van der Waals surface area contributed by atoms with Gasteiger partial charge in [-0.3, -0.25) is 9.59 Å². The van der Waals surface area contributed by atoms with Crippen LogP contribution in [0.15, 0.2) is 24.3 Å². The molecule has 1 amide bonds. The molecule has 0 aliphatic rings. The van der Waals surface area contributed by atoms with E-state index in [0.717, 1.165) is 5.56 Å². The van der Waals surface area contributed by atoms with E-state index in [2.05, 4.69) is 4.74 Å². The molecule has 0 atom stereocenters. The first-order chi connectivity index (χ1) is 9.47. The molecule has 0 N–H and O–H groups in total. The fourth-order valence-corrected chi connectivity index (χ4v) is 1.74. The molecule has 0 fully saturated rings. The third kappa shape index (κ3) is 4.39. The molecule has 106 valence electrons. The van der Waals surface area contributed by atoms with Crippen LogP contribution in [0.2, 0.25) is 0 Å². The van der Waals surface area contributed by atoms with Gasteiger partial charge in [-0.1, -0.05) is 12.1 Å². The number of hydrogen-bond donors (Lipinski definition) is 0. The highest BCUT2D eigenvalue weighted by molar-refractivity contribution is 5.83. The fraction of sp³-hybridized carbons (Fsp3) is 0.400. The summed E-state index contributed by atoms with van der Waals surface area (Å²) in [6.07, 6.45) is 0.195. The third-order valence-electron chi connectivity index (χ3n) is 2.91. The summed E-state index contributed by atoms with van der Waals surface area (Å²) in [7, 11) is 1.30. The fourth-order valence-electron chi connectivity index (χ4n) is 1.74. The summed E-state index contributed by atoms with van der Waals surface area (Å²) in [5.74, 6) is -0.581. The van der Waals surface area contributed by atoms with E-state index in [1.165, 1.54) is 12.0 Å². The van der Waals surface area contributed by atoms with Gasteiger partial charge in [0.25, 0.3) is 0 Å². The zero-order valence-corrected chi connectivity index (χ0v) is 11.9. The quantitative estimate of drug-likeness (QED) is 0.763. The maximum atomic E-state index is 12.2. The van der Waals surface area contributed by atoms with E-state index in [1.807, 2.05) is 19.9 Å². The van der Waals surface area contributed by atoms with E-state index in [1.54, 1.807) is 24.3 Å². The van der Waals surface area contributed by atoms with Crippen molar-refractivity contribution in [1.82, 2.24) is 4.90 Å². The number of esters is 1. The Balaban J connectivity index is 2.75. The topological polar surface area (TPSA) is 70.4 Å². The first kappa shape index (κ1) is 15.7. The lowest BCUT2D eigenvalue weighted by Crippen LogP contribution is -2.41. The Morgan fingerprint density at radius 2 is 1.90 bits per heavy atom. The second-order valence-electron chi connectivity index (χ2n) is 4.68. The molecule has 1 aromatic carbocycles. The van der Waals surface area contributed by atoms with Gasteiger partial charge in [-0.25, -0.2) is 0 Å². The molecule has 0 aliphatic carbocycles. The van der Waals surface area contributed by atoms with Gasteiger partial charge >= 0.3 is 5.97 Å². The van der Waals surface area contributed by atoms with Gasteiger partial charge in [-0.05, 0) is 31.5 Å². The number of methoxy groups -OCH3 is 1. The summed E-state index contributed by atoms with van der Waals surface area (Å²) in [6, 6.07) is 8.77. The van der Waals surface area contributed by atoms with E-state index >= 15 is 0 Å². The lowest BCUT2D eigenvalue weighted by Gasteiger charge is -2.25. The summed E-state index contributed by atoms with van der Waals surface area (Å²) in [4.78, 5) is 25.0. The molecule has 1 aromatic rings. The van der Waals surface area contributed by atoms with Crippen LogP contribution in [0.25, 0.3) is 0 Å². The van der Waals surface area contributed by atoms with E-state index in [9.17, 15) is 9.59 Å². The van der Waals surface area contributed by atoms with Crippen molar-refractivity contribution in [3.05, 3.63) is 35.4 Å². The molecule has 0 saturated heterocycles. The molecule has 0 saturated carbocycles. The second-order valence-corrected chi connectivity index (χ2v) is 4.68. The minimum atomic E-state index is -0.438. The molecule has 20 heavy (non-hydrogen) atoms. The van der Waals surface area contributed by atoms with Crippen molar-refractivity contribution in [3.8, 4) is 6.07 Å². The van der Waals surface area contributed by atoms with Crippen molar-refractivity contribution in [2.75, 3.05) is 13.7 Å². The van der Waals surface area contributed by atoms with E-state index in [-0.39, 0.29) is 24.9 Å². The predicted octanol–water partition coefficient (Wildman–Crippen LogP) is 1.51. The van der Waals surface area contributed by atoms with Crippen LogP contribution in [-0.4, -0.2) is 36.5 Å². The number of nitrogens with zero attached hydrogens (tertiary/aromatic N) is 2. The molecule has 0 radical (unpaired) electrons. The summed E-state index contributed by atoms with van der Waals surface area (Å²) in [6.45, 7) is 3.64. The molecular formula is C15H18N2O3. The van der Waals surface area contributed by atoms with Crippen LogP contribution < -0.4 is 0 Å². The highest BCUT2D eigenvalue weighted by atomic mass is 16.5. The Morgan fingerprint density at radius 3 is 2.35 bits per heavy atom. The van der Waals surface area contributed by atoms with Gasteiger partial charge in [0.1, 0.15) is 6.54 Å². The number of rotatable bonds is 5. The van der Waals surface area contributed by atoms with Crippen molar-refractivity contribution in [1.29, 1.82) is 5.26 Å². The summed E-state index contributed by atoms with van der Waals surface area (Å²) in [5.41, 5.74) is 1.36. The lowest BCUT2D eigenvalue weighted by molar-refractivity contribution is -0.148. The van der Waals surface area contributed by atoms with Crippen LogP contribution in [0.1, 0.15) is 25.0 Å². The van der Waals surface area contributed by atoms with Crippen LogP contribution >= 0.6 is 0 Å². The first-order valence-corrected chi connectivity index (χ1v) is 6.33. The van der Waals surface area contributed by atoms with Gasteiger partial charge in [0.05, 0.1) is 25.2 Å². The van der Waals surface area contributed by atoms with Crippen LogP contribution in [0.5, 0.6) is 0 Å². The highest BCUT2D eigenvalue weighted by Crippen LogP contribution is 2.08. The molecule has 5 nitrogen and oxygen atoms in total. The second kappa shape index (κ2) is 7.29. The molecule has 0 aliphatic heterocycles.